The van der Waals surface area contributed by atoms with Crippen molar-refractivity contribution in [3.05, 3.63) is 0 Å². The predicted molar refractivity (Wildman–Crippen MR) is 70.9 cm³/mol. The minimum absolute atomic E-state index is 0.0663. The minimum Gasteiger partial charge on any atom is -0.453 e. The molecule has 2 fully saturated rings. The lowest BCUT2D eigenvalue weighted by molar-refractivity contribution is 0.110. The van der Waals surface area contributed by atoms with Crippen molar-refractivity contribution < 1.29 is 14.3 Å². The van der Waals surface area contributed by atoms with Crippen LogP contribution in [0.5, 0.6) is 0 Å². The summed E-state index contributed by atoms with van der Waals surface area (Å²) in [7, 11) is 1.39. The van der Waals surface area contributed by atoms with Crippen LogP contribution >= 0.6 is 0 Å². The molecule has 1 saturated heterocycles. The summed E-state index contributed by atoms with van der Waals surface area (Å²) in [4.78, 5) is 24.8. The largest absolute Gasteiger partial charge is 0.453 e. The van der Waals surface area contributed by atoms with Gasteiger partial charge in [-0.05, 0) is 25.7 Å². The highest BCUT2D eigenvalue weighted by Crippen LogP contribution is 2.17. The van der Waals surface area contributed by atoms with E-state index in [4.69, 9.17) is 0 Å². The Hall–Kier alpha value is -1.46. The molecule has 2 aliphatic rings. The van der Waals surface area contributed by atoms with Crippen LogP contribution in [0.2, 0.25) is 0 Å². The van der Waals surface area contributed by atoms with E-state index in [2.05, 4.69) is 15.4 Å². The van der Waals surface area contributed by atoms with Crippen molar-refractivity contribution in [2.45, 2.75) is 50.6 Å². The molecule has 6 nitrogen and oxygen atoms in total. The first-order valence-corrected chi connectivity index (χ1v) is 7.09. The Morgan fingerprint density at radius 2 is 1.53 bits per heavy atom. The Kier molecular flexibility index (Phi) is 4.87. The van der Waals surface area contributed by atoms with E-state index in [-0.39, 0.29) is 18.2 Å². The second-order valence-electron chi connectivity index (χ2n) is 5.33. The maximum atomic E-state index is 11.8. The maximum Gasteiger partial charge on any atom is 0.409 e. The minimum atomic E-state index is -0.283. The third-order valence-electron chi connectivity index (χ3n) is 3.95. The van der Waals surface area contributed by atoms with Crippen LogP contribution in [-0.2, 0) is 4.74 Å². The van der Waals surface area contributed by atoms with Crippen molar-refractivity contribution in [2.24, 2.45) is 0 Å². The van der Waals surface area contributed by atoms with Gasteiger partial charge < -0.3 is 20.3 Å². The summed E-state index contributed by atoms with van der Waals surface area (Å²) in [6, 6.07) is 0.431. The standard InChI is InChI=1S/C13H23N3O3/c1-19-13(18)16-8-6-11(7-9-16)15-12(17)14-10-4-2-3-5-10/h10-11H,2-9H2,1H3,(H2,14,15,17). The van der Waals surface area contributed by atoms with E-state index in [9.17, 15) is 9.59 Å². The third kappa shape index (κ3) is 4.01. The Labute approximate surface area is 113 Å². The fourth-order valence-corrected chi connectivity index (χ4v) is 2.82. The molecule has 2 rings (SSSR count). The number of carbonyl (C=O) groups is 2. The van der Waals surface area contributed by atoms with Gasteiger partial charge in [0.2, 0.25) is 0 Å². The molecule has 0 aromatic heterocycles. The van der Waals surface area contributed by atoms with Gasteiger partial charge in [0.15, 0.2) is 0 Å². The molecular weight excluding hydrogens is 246 g/mol. The zero-order chi connectivity index (χ0) is 13.7. The van der Waals surface area contributed by atoms with Gasteiger partial charge >= 0.3 is 12.1 Å². The van der Waals surface area contributed by atoms with Crippen LogP contribution in [0, 0.1) is 0 Å². The van der Waals surface area contributed by atoms with Crippen molar-refractivity contribution in [3.8, 4) is 0 Å². The highest BCUT2D eigenvalue weighted by atomic mass is 16.5. The van der Waals surface area contributed by atoms with Gasteiger partial charge in [0.25, 0.3) is 0 Å². The van der Waals surface area contributed by atoms with E-state index in [1.807, 2.05) is 0 Å². The molecule has 108 valence electrons. The van der Waals surface area contributed by atoms with Gasteiger partial charge in [0.05, 0.1) is 7.11 Å². The van der Waals surface area contributed by atoms with Crippen molar-refractivity contribution in [1.29, 1.82) is 0 Å². The average Bonchev–Trinajstić information content (AvgIpc) is 2.91. The Morgan fingerprint density at radius 1 is 1.00 bits per heavy atom. The van der Waals surface area contributed by atoms with Gasteiger partial charge in [0.1, 0.15) is 0 Å². The second kappa shape index (κ2) is 6.63. The van der Waals surface area contributed by atoms with Crippen molar-refractivity contribution in [2.75, 3.05) is 20.2 Å². The summed E-state index contributed by atoms with van der Waals surface area (Å²) < 4.78 is 4.68. The molecule has 0 atom stereocenters. The molecule has 0 bridgehead atoms. The van der Waals surface area contributed by atoms with Crippen LogP contribution in [0.4, 0.5) is 9.59 Å². The summed E-state index contributed by atoms with van der Waals surface area (Å²) in [6.07, 6.45) is 5.89. The average molecular weight is 269 g/mol. The van der Waals surface area contributed by atoms with E-state index in [0.717, 1.165) is 25.7 Å². The summed E-state index contributed by atoms with van der Waals surface area (Å²) in [6.45, 7) is 1.28. The van der Waals surface area contributed by atoms with E-state index >= 15 is 0 Å². The van der Waals surface area contributed by atoms with E-state index in [1.165, 1.54) is 20.0 Å². The van der Waals surface area contributed by atoms with Crippen LogP contribution in [0.25, 0.3) is 0 Å². The lowest BCUT2D eigenvalue weighted by Crippen LogP contribution is -2.50. The number of hydrogen-bond donors (Lipinski definition) is 2. The Morgan fingerprint density at radius 3 is 2.05 bits per heavy atom. The monoisotopic (exact) mass is 269 g/mol. The highest BCUT2D eigenvalue weighted by Gasteiger charge is 2.25. The number of nitrogens with one attached hydrogen (secondary N) is 2. The first-order valence-electron chi connectivity index (χ1n) is 7.09. The fourth-order valence-electron chi connectivity index (χ4n) is 2.82. The molecule has 0 radical (unpaired) electrons. The molecule has 2 N–H and O–H groups in total. The predicted octanol–water partition coefficient (Wildman–Crippen LogP) is 1.46. The third-order valence-corrected chi connectivity index (χ3v) is 3.95. The van der Waals surface area contributed by atoms with Crippen LogP contribution in [0.15, 0.2) is 0 Å². The molecule has 0 unspecified atom stereocenters. The molecule has 1 aliphatic carbocycles. The number of nitrogens with zero attached hydrogens (tertiary/aromatic N) is 1. The second-order valence-corrected chi connectivity index (χ2v) is 5.33. The molecule has 19 heavy (non-hydrogen) atoms. The quantitative estimate of drug-likeness (QED) is 0.797. The van der Waals surface area contributed by atoms with Crippen molar-refractivity contribution in [1.82, 2.24) is 15.5 Å². The number of ether oxygens (including phenoxy) is 1. The molecule has 1 saturated carbocycles. The smallest absolute Gasteiger partial charge is 0.409 e. The molecule has 0 aromatic rings. The first-order chi connectivity index (χ1) is 9.19. The SMILES string of the molecule is COC(=O)N1CCC(NC(=O)NC2CCCC2)CC1. The number of hydrogen-bond acceptors (Lipinski definition) is 3. The van der Waals surface area contributed by atoms with Crippen LogP contribution in [0.1, 0.15) is 38.5 Å². The van der Waals surface area contributed by atoms with Crippen LogP contribution in [-0.4, -0.2) is 49.3 Å². The maximum absolute atomic E-state index is 11.8. The van der Waals surface area contributed by atoms with E-state index in [1.54, 1.807) is 4.90 Å². The highest BCUT2D eigenvalue weighted by molar-refractivity contribution is 5.74. The topological polar surface area (TPSA) is 70.7 Å². The van der Waals surface area contributed by atoms with Crippen LogP contribution < -0.4 is 10.6 Å². The van der Waals surface area contributed by atoms with Gasteiger partial charge in [-0.15, -0.1) is 0 Å². The fraction of sp³-hybridized carbons (Fsp3) is 0.846. The number of urea groups is 1. The van der Waals surface area contributed by atoms with Gasteiger partial charge in [-0.25, -0.2) is 9.59 Å². The number of methoxy groups -OCH3 is 1. The van der Waals surface area contributed by atoms with Gasteiger partial charge in [-0.2, -0.15) is 0 Å². The first kappa shape index (κ1) is 14.0. The molecule has 0 aromatic carbocycles. The summed E-state index contributed by atoms with van der Waals surface area (Å²) in [5, 5.41) is 6.01. The van der Waals surface area contributed by atoms with Gasteiger partial charge in [-0.3, -0.25) is 0 Å². The summed E-state index contributed by atoms with van der Waals surface area (Å²) >= 11 is 0. The number of likely N-dealkylation sites (tertiary alicyclic amines) is 1. The Balaban J connectivity index is 1.67. The zero-order valence-electron chi connectivity index (χ0n) is 11.5. The summed E-state index contributed by atoms with van der Waals surface area (Å²) in [5.74, 6) is 0. The van der Waals surface area contributed by atoms with E-state index in [0.29, 0.717) is 19.1 Å². The Bertz CT molecular complexity index is 321. The normalized spacial score (nSPS) is 21.2. The van der Waals surface area contributed by atoms with Gasteiger partial charge in [-0.1, -0.05) is 12.8 Å². The van der Waals surface area contributed by atoms with Crippen molar-refractivity contribution >= 4 is 12.1 Å². The van der Waals surface area contributed by atoms with Gasteiger partial charge in [0, 0.05) is 25.2 Å². The molecular formula is C13H23N3O3. The van der Waals surface area contributed by atoms with Crippen LogP contribution in [0.3, 0.4) is 0 Å². The van der Waals surface area contributed by atoms with E-state index < -0.39 is 0 Å². The molecule has 1 heterocycles. The van der Waals surface area contributed by atoms with Crippen molar-refractivity contribution in [3.63, 3.8) is 0 Å². The lowest BCUT2D eigenvalue weighted by Gasteiger charge is -2.31. The summed E-state index contributed by atoms with van der Waals surface area (Å²) in [5.41, 5.74) is 0. The number of piperidine rings is 1. The number of carbonyl (C=O) groups excluding carboxylic acids is 2. The molecule has 3 amide bonds. The lowest BCUT2D eigenvalue weighted by atomic mass is 10.1. The number of amides is 3. The number of rotatable bonds is 2. The molecule has 1 aliphatic heterocycles. The molecule has 6 heteroatoms. The zero-order valence-corrected chi connectivity index (χ0v) is 11.5. The molecule has 0 spiro atoms.